The van der Waals surface area contributed by atoms with Gasteiger partial charge in [-0.15, -0.1) is 11.3 Å². The van der Waals surface area contributed by atoms with Crippen molar-refractivity contribution in [3.8, 4) is 22.2 Å². The quantitative estimate of drug-likeness (QED) is 0.742. The van der Waals surface area contributed by atoms with Crippen LogP contribution in [0.2, 0.25) is 0 Å². The summed E-state index contributed by atoms with van der Waals surface area (Å²) in [7, 11) is 0. The summed E-state index contributed by atoms with van der Waals surface area (Å²) in [5, 5.41) is 9.32. The SMILES string of the molecule is Cc1nccnc1-c1csc(-c2ncn[nH]2)n1. The molecule has 17 heavy (non-hydrogen) atoms. The Balaban J connectivity index is 2.04. The molecule has 0 saturated carbocycles. The minimum absolute atomic E-state index is 0.669. The Morgan fingerprint density at radius 3 is 2.82 bits per heavy atom. The Hall–Kier alpha value is -2.15. The summed E-state index contributed by atoms with van der Waals surface area (Å²) in [4.78, 5) is 17.0. The second-order valence-electron chi connectivity index (χ2n) is 3.36. The standard InChI is InChI=1S/C10H8N6S/c1-6-8(12-3-2-11-6)7-4-17-10(15-7)9-13-5-14-16-9/h2-5H,1H3,(H,13,14,16). The van der Waals surface area contributed by atoms with Crippen molar-refractivity contribution < 1.29 is 0 Å². The van der Waals surface area contributed by atoms with Crippen LogP contribution < -0.4 is 0 Å². The van der Waals surface area contributed by atoms with Crippen LogP contribution in [0.25, 0.3) is 22.2 Å². The third-order valence-corrected chi connectivity index (χ3v) is 3.09. The van der Waals surface area contributed by atoms with E-state index in [4.69, 9.17) is 0 Å². The predicted molar refractivity (Wildman–Crippen MR) is 63.3 cm³/mol. The molecule has 0 amide bonds. The van der Waals surface area contributed by atoms with Crippen molar-refractivity contribution in [2.24, 2.45) is 0 Å². The first-order chi connectivity index (χ1) is 8.34. The number of rotatable bonds is 2. The molecule has 0 spiro atoms. The molecule has 0 aliphatic carbocycles. The van der Waals surface area contributed by atoms with Gasteiger partial charge >= 0.3 is 0 Å². The maximum Gasteiger partial charge on any atom is 0.184 e. The molecule has 0 aliphatic rings. The number of aryl methyl sites for hydroxylation is 1. The van der Waals surface area contributed by atoms with Crippen LogP contribution in [0.4, 0.5) is 0 Å². The van der Waals surface area contributed by atoms with Gasteiger partial charge < -0.3 is 0 Å². The molecular weight excluding hydrogens is 236 g/mol. The molecule has 1 N–H and O–H groups in total. The highest BCUT2D eigenvalue weighted by atomic mass is 32.1. The Morgan fingerprint density at radius 1 is 1.18 bits per heavy atom. The van der Waals surface area contributed by atoms with E-state index in [0.29, 0.717) is 5.82 Å². The minimum atomic E-state index is 0.669. The molecule has 0 saturated heterocycles. The predicted octanol–water partition coefficient (Wildman–Crippen LogP) is 1.69. The van der Waals surface area contributed by atoms with E-state index in [9.17, 15) is 0 Å². The molecule has 0 aromatic carbocycles. The molecule has 0 radical (unpaired) electrons. The summed E-state index contributed by atoms with van der Waals surface area (Å²) < 4.78 is 0. The van der Waals surface area contributed by atoms with Gasteiger partial charge in [-0.25, -0.2) is 9.97 Å². The van der Waals surface area contributed by atoms with Crippen molar-refractivity contribution in [2.45, 2.75) is 6.92 Å². The molecule has 7 heteroatoms. The average Bonchev–Trinajstić information content (AvgIpc) is 3.00. The van der Waals surface area contributed by atoms with E-state index in [0.717, 1.165) is 22.1 Å². The Labute approximate surface area is 101 Å². The summed E-state index contributed by atoms with van der Waals surface area (Å²) in [6.45, 7) is 1.91. The second kappa shape index (κ2) is 4.02. The lowest BCUT2D eigenvalue weighted by atomic mass is 10.3. The van der Waals surface area contributed by atoms with Crippen LogP contribution in [-0.2, 0) is 0 Å². The molecule has 3 heterocycles. The molecule has 3 aromatic rings. The van der Waals surface area contributed by atoms with Crippen molar-refractivity contribution in [3.05, 3.63) is 29.8 Å². The van der Waals surface area contributed by atoms with Gasteiger partial charge in [-0.3, -0.25) is 15.1 Å². The topological polar surface area (TPSA) is 80.2 Å². The molecule has 3 aromatic heterocycles. The van der Waals surface area contributed by atoms with Crippen LogP contribution in [0.3, 0.4) is 0 Å². The smallest absolute Gasteiger partial charge is 0.184 e. The monoisotopic (exact) mass is 244 g/mol. The Morgan fingerprint density at radius 2 is 2.06 bits per heavy atom. The van der Waals surface area contributed by atoms with Gasteiger partial charge in [0.25, 0.3) is 0 Å². The Kier molecular flexibility index (Phi) is 2.37. The highest BCUT2D eigenvalue weighted by molar-refractivity contribution is 7.13. The van der Waals surface area contributed by atoms with Crippen LogP contribution >= 0.6 is 11.3 Å². The first-order valence-corrected chi connectivity index (χ1v) is 5.82. The molecule has 0 atom stereocenters. The van der Waals surface area contributed by atoms with Gasteiger partial charge in [0.1, 0.15) is 17.7 Å². The molecular formula is C10H8N6S. The van der Waals surface area contributed by atoms with E-state index in [-0.39, 0.29) is 0 Å². The van der Waals surface area contributed by atoms with Crippen molar-refractivity contribution in [1.29, 1.82) is 0 Å². The first-order valence-electron chi connectivity index (χ1n) is 4.94. The molecule has 6 nitrogen and oxygen atoms in total. The fourth-order valence-corrected chi connectivity index (χ4v) is 2.21. The molecule has 0 bridgehead atoms. The summed E-state index contributed by atoms with van der Waals surface area (Å²) in [6, 6.07) is 0. The zero-order valence-electron chi connectivity index (χ0n) is 8.95. The number of hydrogen-bond acceptors (Lipinski definition) is 6. The van der Waals surface area contributed by atoms with Gasteiger partial charge in [0.2, 0.25) is 0 Å². The number of aromatic amines is 1. The second-order valence-corrected chi connectivity index (χ2v) is 4.22. The van der Waals surface area contributed by atoms with Gasteiger partial charge in [0.05, 0.1) is 5.69 Å². The van der Waals surface area contributed by atoms with Crippen LogP contribution in [-0.4, -0.2) is 30.1 Å². The van der Waals surface area contributed by atoms with Gasteiger partial charge in [-0.05, 0) is 6.92 Å². The van der Waals surface area contributed by atoms with Crippen molar-refractivity contribution >= 4 is 11.3 Å². The van der Waals surface area contributed by atoms with E-state index in [1.54, 1.807) is 12.4 Å². The first kappa shape index (κ1) is 10.0. The van der Waals surface area contributed by atoms with Gasteiger partial charge in [-0.1, -0.05) is 0 Å². The fourth-order valence-electron chi connectivity index (χ4n) is 1.46. The lowest BCUT2D eigenvalue weighted by Crippen LogP contribution is -1.91. The van der Waals surface area contributed by atoms with Gasteiger partial charge in [-0.2, -0.15) is 5.10 Å². The lowest BCUT2D eigenvalue weighted by molar-refractivity contribution is 1.09. The molecule has 0 fully saturated rings. The normalized spacial score (nSPS) is 10.6. The summed E-state index contributed by atoms with van der Waals surface area (Å²) in [5.74, 6) is 0.669. The van der Waals surface area contributed by atoms with Crippen LogP contribution in [0.15, 0.2) is 24.1 Å². The van der Waals surface area contributed by atoms with Crippen molar-refractivity contribution in [3.63, 3.8) is 0 Å². The summed E-state index contributed by atoms with van der Waals surface area (Å²) in [5.41, 5.74) is 2.48. The van der Waals surface area contributed by atoms with Gasteiger partial charge in [0.15, 0.2) is 10.8 Å². The lowest BCUT2D eigenvalue weighted by Gasteiger charge is -1.98. The van der Waals surface area contributed by atoms with E-state index in [2.05, 4.69) is 30.1 Å². The Bertz CT molecular complexity index is 630. The van der Waals surface area contributed by atoms with Gasteiger partial charge in [0, 0.05) is 17.8 Å². The van der Waals surface area contributed by atoms with Crippen molar-refractivity contribution in [1.82, 2.24) is 30.1 Å². The number of nitrogens with one attached hydrogen (secondary N) is 1. The van der Waals surface area contributed by atoms with E-state index in [1.165, 1.54) is 17.7 Å². The zero-order valence-corrected chi connectivity index (χ0v) is 9.77. The number of H-pyrrole nitrogens is 1. The van der Waals surface area contributed by atoms with Crippen LogP contribution in [0, 0.1) is 6.92 Å². The molecule has 0 unspecified atom stereocenters. The third kappa shape index (κ3) is 1.80. The van der Waals surface area contributed by atoms with E-state index >= 15 is 0 Å². The largest absolute Gasteiger partial charge is 0.258 e. The molecule has 3 rings (SSSR count). The number of thiazole rings is 1. The molecule has 0 aliphatic heterocycles. The highest BCUT2D eigenvalue weighted by Crippen LogP contribution is 2.26. The summed E-state index contributed by atoms with van der Waals surface area (Å²) >= 11 is 1.50. The zero-order chi connectivity index (χ0) is 11.7. The van der Waals surface area contributed by atoms with Crippen LogP contribution in [0.1, 0.15) is 5.69 Å². The van der Waals surface area contributed by atoms with Crippen molar-refractivity contribution in [2.75, 3.05) is 0 Å². The van der Waals surface area contributed by atoms with Crippen LogP contribution in [0.5, 0.6) is 0 Å². The molecule has 84 valence electrons. The number of hydrogen-bond donors (Lipinski definition) is 1. The van der Waals surface area contributed by atoms with E-state index < -0.39 is 0 Å². The fraction of sp³-hybridized carbons (Fsp3) is 0.100. The number of aromatic nitrogens is 6. The third-order valence-electron chi connectivity index (χ3n) is 2.25. The maximum atomic E-state index is 4.47. The minimum Gasteiger partial charge on any atom is -0.258 e. The average molecular weight is 244 g/mol. The maximum absolute atomic E-state index is 4.47. The highest BCUT2D eigenvalue weighted by Gasteiger charge is 2.11. The van der Waals surface area contributed by atoms with E-state index in [1.807, 2.05) is 12.3 Å². The number of nitrogens with zero attached hydrogens (tertiary/aromatic N) is 5. The summed E-state index contributed by atoms with van der Waals surface area (Å²) in [6.07, 6.45) is 4.79.